The summed E-state index contributed by atoms with van der Waals surface area (Å²) in [5.41, 5.74) is 3.60. The van der Waals surface area contributed by atoms with Gasteiger partial charge in [-0.05, 0) is 30.9 Å². The van der Waals surface area contributed by atoms with Gasteiger partial charge in [-0.3, -0.25) is 14.0 Å². The summed E-state index contributed by atoms with van der Waals surface area (Å²) in [4.78, 5) is 17.8. The number of aromatic nitrogens is 4. The van der Waals surface area contributed by atoms with Crippen LogP contribution in [0.5, 0.6) is 0 Å². The Morgan fingerprint density at radius 3 is 2.84 bits per heavy atom. The van der Waals surface area contributed by atoms with Gasteiger partial charge in [0.05, 0.1) is 23.2 Å². The molecule has 3 aromatic rings. The van der Waals surface area contributed by atoms with E-state index in [0.717, 1.165) is 41.3 Å². The van der Waals surface area contributed by atoms with Crippen molar-refractivity contribution in [2.45, 2.75) is 32.1 Å². The van der Waals surface area contributed by atoms with Crippen LogP contribution in [0, 0.1) is 23.2 Å². The van der Waals surface area contributed by atoms with Gasteiger partial charge < -0.3 is 0 Å². The van der Waals surface area contributed by atoms with Crippen LogP contribution in [-0.2, 0) is 23.7 Å². The topological polar surface area (TPSA) is 76.5 Å². The summed E-state index contributed by atoms with van der Waals surface area (Å²) in [6.45, 7) is 4.05. The third-order valence-corrected chi connectivity index (χ3v) is 7.06. The zero-order chi connectivity index (χ0) is 21.9. The number of ketones is 1. The highest BCUT2D eigenvalue weighted by atomic mass is 35.5. The number of aryl methyl sites for hydroxylation is 1. The number of nitriles is 1. The molecule has 0 saturated carbocycles. The molecule has 0 N–H and O–H groups in total. The minimum absolute atomic E-state index is 0.0600. The molecule has 2 aromatic heterocycles. The maximum absolute atomic E-state index is 12.7. The Bertz CT molecular complexity index is 1290. The van der Waals surface area contributed by atoms with Crippen LogP contribution in [0.3, 0.4) is 0 Å². The Kier molecular flexibility index (Phi) is 4.42. The summed E-state index contributed by atoms with van der Waals surface area (Å²) in [5, 5.41) is 14.6. The van der Waals surface area contributed by atoms with Crippen LogP contribution in [0.25, 0.3) is 17.1 Å². The fourth-order valence-corrected chi connectivity index (χ4v) is 5.53. The number of Topliss-reactive ketones (excluding diaryl/α,β-unsaturated/α-hetero) is 1. The lowest BCUT2D eigenvalue weighted by Gasteiger charge is -2.44. The molecule has 0 unspecified atom stereocenters. The highest BCUT2D eigenvalue weighted by Gasteiger charge is 2.50. The lowest BCUT2D eigenvalue weighted by Crippen LogP contribution is -2.45. The Balaban J connectivity index is 1.80. The van der Waals surface area contributed by atoms with Crippen molar-refractivity contribution in [3.63, 3.8) is 0 Å². The molecule has 2 aliphatic rings. The molecule has 31 heavy (non-hydrogen) atoms. The van der Waals surface area contributed by atoms with E-state index in [2.05, 4.69) is 22.7 Å². The maximum Gasteiger partial charge on any atom is 0.176 e. The number of nitrogens with zero attached hydrogens (tertiary/aromatic N) is 5. The lowest BCUT2D eigenvalue weighted by atomic mass is 9.58. The SMILES string of the molecule is C[C@H]1C(=O)C(C#N)=C[C@@]2(C)c3nc(-c4cccc(Cl)c4)n(-c4cnn(C)c4)c3CC[C@H]12. The van der Waals surface area contributed by atoms with Crippen LogP contribution in [-0.4, -0.2) is 25.1 Å². The van der Waals surface area contributed by atoms with Crippen molar-refractivity contribution in [3.8, 4) is 23.1 Å². The molecular weight excluding hydrogens is 410 g/mol. The summed E-state index contributed by atoms with van der Waals surface area (Å²) in [5.74, 6) is 0.624. The molecule has 2 heterocycles. The second kappa shape index (κ2) is 6.93. The molecule has 6 nitrogen and oxygen atoms in total. The zero-order valence-electron chi connectivity index (χ0n) is 17.6. The Morgan fingerprint density at radius 2 is 2.16 bits per heavy atom. The fourth-order valence-electron chi connectivity index (χ4n) is 5.34. The molecule has 0 bridgehead atoms. The van der Waals surface area contributed by atoms with Crippen LogP contribution in [0.4, 0.5) is 0 Å². The van der Waals surface area contributed by atoms with Gasteiger partial charge in [0.15, 0.2) is 5.78 Å². The molecule has 3 atom stereocenters. The van der Waals surface area contributed by atoms with Gasteiger partial charge in [-0.1, -0.05) is 43.7 Å². The molecule has 1 aromatic carbocycles. The summed E-state index contributed by atoms with van der Waals surface area (Å²) >= 11 is 6.30. The van der Waals surface area contributed by atoms with Crippen LogP contribution >= 0.6 is 11.6 Å². The number of halogens is 1. The second-order valence-corrected chi connectivity index (χ2v) is 9.14. The summed E-state index contributed by atoms with van der Waals surface area (Å²) < 4.78 is 3.92. The normalized spacial score (nSPS) is 24.9. The van der Waals surface area contributed by atoms with E-state index in [-0.39, 0.29) is 23.2 Å². The van der Waals surface area contributed by atoms with Gasteiger partial charge in [-0.2, -0.15) is 10.4 Å². The van der Waals surface area contributed by atoms with Crippen LogP contribution < -0.4 is 0 Å². The van der Waals surface area contributed by atoms with Gasteiger partial charge in [-0.25, -0.2) is 4.98 Å². The molecule has 0 spiro atoms. The second-order valence-electron chi connectivity index (χ2n) is 8.70. The van der Waals surface area contributed by atoms with E-state index < -0.39 is 5.41 Å². The number of carbonyl (C=O) groups is 1. The third-order valence-electron chi connectivity index (χ3n) is 6.82. The van der Waals surface area contributed by atoms with E-state index in [1.807, 2.05) is 56.7 Å². The zero-order valence-corrected chi connectivity index (χ0v) is 18.4. The molecule has 5 rings (SSSR count). The first-order valence-electron chi connectivity index (χ1n) is 10.4. The molecule has 0 radical (unpaired) electrons. The smallest absolute Gasteiger partial charge is 0.176 e. The van der Waals surface area contributed by atoms with E-state index >= 15 is 0 Å². The molecule has 0 aliphatic heterocycles. The van der Waals surface area contributed by atoms with Gasteiger partial charge in [-0.15, -0.1) is 0 Å². The first-order chi connectivity index (χ1) is 14.8. The minimum atomic E-state index is -0.493. The first-order valence-corrected chi connectivity index (χ1v) is 10.8. The predicted octanol–water partition coefficient (Wildman–Crippen LogP) is 4.42. The van der Waals surface area contributed by atoms with E-state index in [1.54, 1.807) is 4.68 Å². The number of fused-ring (bicyclic) bond motifs is 3. The summed E-state index contributed by atoms with van der Waals surface area (Å²) in [7, 11) is 1.89. The molecule has 2 aliphatic carbocycles. The van der Waals surface area contributed by atoms with Crippen molar-refractivity contribution in [1.29, 1.82) is 5.26 Å². The minimum Gasteiger partial charge on any atom is -0.293 e. The van der Waals surface area contributed by atoms with Gasteiger partial charge in [0.25, 0.3) is 0 Å². The van der Waals surface area contributed by atoms with Crippen molar-refractivity contribution in [2.75, 3.05) is 0 Å². The maximum atomic E-state index is 12.7. The fraction of sp³-hybridized carbons (Fsp3) is 0.333. The van der Waals surface area contributed by atoms with Gasteiger partial charge in [0.2, 0.25) is 0 Å². The predicted molar refractivity (Wildman–Crippen MR) is 118 cm³/mol. The highest BCUT2D eigenvalue weighted by molar-refractivity contribution is 6.30. The Morgan fingerprint density at radius 1 is 1.35 bits per heavy atom. The number of imidazole rings is 1. The molecule has 7 heteroatoms. The average Bonchev–Trinajstić information content (AvgIpc) is 3.34. The summed E-state index contributed by atoms with van der Waals surface area (Å²) in [6, 6.07) is 9.78. The monoisotopic (exact) mass is 431 g/mol. The first kappa shape index (κ1) is 19.8. The van der Waals surface area contributed by atoms with E-state index in [1.165, 1.54) is 0 Å². The quantitative estimate of drug-likeness (QED) is 0.602. The van der Waals surface area contributed by atoms with E-state index in [0.29, 0.717) is 5.02 Å². The Labute approximate surface area is 185 Å². The van der Waals surface area contributed by atoms with Crippen molar-refractivity contribution >= 4 is 17.4 Å². The number of rotatable bonds is 2. The van der Waals surface area contributed by atoms with Gasteiger partial charge in [0, 0.05) is 40.9 Å². The van der Waals surface area contributed by atoms with Crippen molar-refractivity contribution in [1.82, 2.24) is 19.3 Å². The van der Waals surface area contributed by atoms with Crippen molar-refractivity contribution in [2.24, 2.45) is 18.9 Å². The van der Waals surface area contributed by atoms with Crippen LogP contribution in [0.15, 0.2) is 48.3 Å². The van der Waals surface area contributed by atoms with E-state index in [9.17, 15) is 10.1 Å². The molecule has 0 amide bonds. The number of hydrogen-bond donors (Lipinski definition) is 0. The van der Waals surface area contributed by atoms with Gasteiger partial charge >= 0.3 is 0 Å². The van der Waals surface area contributed by atoms with Crippen molar-refractivity contribution < 1.29 is 4.79 Å². The number of hydrogen-bond acceptors (Lipinski definition) is 4. The standard InChI is InChI=1S/C24H22ClN5O/c1-14-19-7-8-20-22(24(19,2)10-16(11-26)21(14)31)28-23(15-5-4-6-17(25)9-15)30(20)18-12-27-29(3)13-18/h4-6,9-10,12-14,19H,7-8H2,1-3H3/t14-,19-,24-/m1/s1. The molecule has 0 fully saturated rings. The summed E-state index contributed by atoms with van der Waals surface area (Å²) in [6.07, 6.45) is 7.29. The molecule has 156 valence electrons. The molecular formula is C24H22ClN5O. The largest absolute Gasteiger partial charge is 0.293 e. The number of carbonyl (C=O) groups excluding carboxylic acids is 1. The van der Waals surface area contributed by atoms with Crippen LogP contribution in [0.1, 0.15) is 31.7 Å². The molecule has 0 saturated heterocycles. The van der Waals surface area contributed by atoms with Crippen LogP contribution in [0.2, 0.25) is 5.02 Å². The third kappa shape index (κ3) is 2.88. The lowest BCUT2D eigenvalue weighted by molar-refractivity contribution is -0.121. The van der Waals surface area contributed by atoms with Gasteiger partial charge in [0.1, 0.15) is 11.9 Å². The van der Waals surface area contributed by atoms with E-state index in [4.69, 9.17) is 16.6 Å². The van der Waals surface area contributed by atoms with Crippen molar-refractivity contribution in [3.05, 3.63) is 64.7 Å². The Hall–Kier alpha value is -3.17. The average molecular weight is 432 g/mol. The number of benzene rings is 1. The highest BCUT2D eigenvalue weighted by Crippen LogP contribution is 2.50. The number of allylic oxidation sites excluding steroid dienone is 2.